The number of aryl methyl sites for hydroxylation is 1. The number of hydrogen-bond donors (Lipinski definition) is 2. The molecule has 2 aliphatic heterocycles. The molecule has 9 heteroatoms. The predicted molar refractivity (Wildman–Crippen MR) is 134 cm³/mol. The predicted octanol–water partition coefficient (Wildman–Crippen LogP) is 2.61. The summed E-state index contributed by atoms with van der Waals surface area (Å²) in [4.78, 5) is 39.0. The molecule has 192 valence electrons. The molecule has 2 aliphatic rings. The van der Waals surface area contributed by atoms with Crippen LogP contribution in [0.1, 0.15) is 43.4 Å². The molecule has 0 spiro atoms. The highest BCUT2D eigenvalue weighted by atomic mass is 16.5. The van der Waals surface area contributed by atoms with E-state index in [0.717, 1.165) is 28.0 Å². The number of nitrogens with zero attached hydrogens (tertiary/aromatic N) is 1. The van der Waals surface area contributed by atoms with Gasteiger partial charge < -0.3 is 29.7 Å². The summed E-state index contributed by atoms with van der Waals surface area (Å²) < 4.78 is 17.2. The summed E-state index contributed by atoms with van der Waals surface area (Å²) in [6, 6.07) is 9.56. The van der Waals surface area contributed by atoms with Crippen LogP contribution in [0.15, 0.2) is 30.3 Å². The molecule has 1 atom stereocenters. The van der Waals surface area contributed by atoms with Crippen molar-refractivity contribution in [2.75, 3.05) is 40.5 Å². The summed E-state index contributed by atoms with van der Waals surface area (Å²) in [6.07, 6.45) is 1.62. The molecular weight excluding hydrogens is 462 g/mol. The lowest BCUT2D eigenvalue weighted by Crippen LogP contribution is -2.40. The fraction of sp³-hybridized carbons (Fsp3) is 0.444. The second kappa shape index (κ2) is 11.3. The van der Waals surface area contributed by atoms with Gasteiger partial charge in [-0.05, 0) is 41.8 Å². The Kier molecular flexibility index (Phi) is 7.97. The highest BCUT2D eigenvalue weighted by Crippen LogP contribution is 2.42. The number of fused-ring (bicyclic) bond motifs is 4. The molecule has 36 heavy (non-hydrogen) atoms. The molecule has 0 saturated heterocycles. The minimum atomic E-state index is -0.207. The van der Waals surface area contributed by atoms with E-state index in [1.54, 1.807) is 19.1 Å². The van der Waals surface area contributed by atoms with Crippen molar-refractivity contribution in [1.82, 2.24) is 15.5 Å². The standard InChI is InChI=1S/C27H33N3O6/c1-17(31)30-11-8-26(33)29-22-9-13-36-23-6-5-19(16-21(22)23)20-14-18(4-7-25(32)28-10-12-30)15-24(34-2)27(20)35-3/h5-6,14-16,22H,4,7-13H2,1-3H3,(H,28,32)(H,29,33). The van der Waals surface area contributed by atoms with E-state index < -0.39 is 0 Å². The van der Waals surface area contributed by atoms with Crippen molar-refractivity contribution in [2.45, 2.75) is 38.6 Å². The molecule has 0 radical (unpaired) electrons. The first kappa shape index (κ1) is 25.3. The van der Waals surface area contributed by atoms with E-state index in [0.29, 0.717) is 44.0 Å². The van der Waals surface area contributed by atoms with E-state index in [1.165, 1.54) is 6.92 Å². The minimum Gasteiger partial charge on any atom is -0.493 e. The number of benzene rings is 2. The Morgan fingerprint density at radius 2 is 1.86 bits per heavy atom. The average Bonchev–Trinajstić information content (AvgIpc) is 2.88. The van der Waals surface area contributed by atoms with Gasteiger partial charge in [-0.2, -0.15) is 0 Å². The largest absolute Gasteiger partial charge is 0.493 e. The Hall–Kier alpha value is -3.75. The maximum Gasteiger partial charge on any atom is 0.222 e. The number of rotatable bonds is 2. The Bertz CT molecular complexity index is 1150. The highest BCUT2D eigenvalue weighted by molar-refractivity contribution is 5.80. The number of hydrogen-bond acceptors (Lipinski definition) is 6. The molecule has 2 aromatic rings. The molecular formula is C27H33N3O6. The summed E-state index contributed by atoms with van der Waals surface area (Å²) in [5.41, 5.74) is 3.55. The van der Waals surface area contributed by atoms with Gasteiger partial charge in [-0.15, -0.1) is 0 Å². The zero-order valence-electron chi connectivity index (χ0n) is 21.0. The maximum atomic E-state index is 12.8. The lowest BCUT2D eigenvalue weighted by molar-refractivity contribution is -0.130. The van der Waals surface area contributed by atoms with Gasteiger partial charge in [-0.3, -0.25) is 14.4 Å². The first-order valence-corrected chi connectivity index (χ1v) is 12.2. The van der Waals surface area contributed by atoms with Crippen LogP contribution < -0.4 is 24.8 Å². The van der Waals surface area contributed by atoms with Crippen molar-refractivity contribution < 1.29 is 28.6 Å². The van der Waals surface area contributed by atoms with Crippen molar-refractivity contribution in [3.05, 3.63) is 41.5 Å². The number of amides is 3. The van der Waals surface area contributed by atoms with Gasteiger partial charge in [0.2, 0.25) is 17.7 Å². The molecule has 9 nitrogen and oxygen atoms in total. The monoisotopic (exact) mass is 495 g/mol. The highest BCUT2D eigenvalue weighted by Gasteiger charge is 2.25. The molecule has 0 aromatic heterocycles. The maximum absolute atomic E-state index is 12.8. The van der Waals surface area contributed by atoms with Gasteiger partial charge in [-0.1, -0.05) is 6.07 Å². The Balaban J connectivity index is 1.75. The number of methoxy groups -OCH3 is 2. The van der Waals surface area contributed by atoms with Gasteiger partial charge in [0.25, 0.3) is 0 Å². The Morgan fingerprint density at radius 1 is 1.03 bits per heavy atom. The second-order valence-electron chi connectivity index (χ2n) is 8.99. The van der Waals surface area contributed by atoms with E-state index in [4.69, 9.17) is 14.2 Å². The van der Waals surface area contributed by atoms with Crippen LogP contribution in [0.3, 0.4) is 0 Å². The molecule has 4 rings (SSSR count). The van der Waals surface area contributed by atoms with Gasteiger partial charge in [0.05, 0.1) is 26.9 Å². The quantitative estimate of drug-likeness (QED) is 0.664. The minimum absolute atomic E-state index is 0.109. The Morgan fingerprint density at radius 3 is 2.61 bits per heavy atom. The lowest BCUT2D eigenvalue weighted by Gasteiger charge is -2.28. The van der Waals surface area contributed by atoms with Crippen molar-refractivity contribution in [3.63, 3.8) is 0 Å². The third-order valence-electron chi connectivity index (χ3n) is 6.63. The van der Waals surface area contributed by atoms with Crippen LogP contribution in [0.5, 0.6) is 17.2 Å². The van der Waals surface area contributed by atoms with E-state index in [9.17, 15) is 14.4 Å². The summed E-state index contributed by atoms with van der Waals surface area (Å²) in [6.45, 7) is 2.93. The van der Waals surface area contributed by atoms with Crippen molar-refractivity contribution in [3.8, 4) is 28.4 Å². The lowest BCUT2D eigenvalue weighted by atomic mass is 9.93. The second-order valence-corrected chi connectivity index (χ2v) is 8.99. The van der Waals surface area contributed by atoms with E-state index in [-0.39, 0.29) is 43.1 Å². The van der Waals surface area contributed by atoms with Gasteiger partial charge >= 0.3 is 0 Å². The van der Waals surface area contributed by atoms with Gasteiger partial charge in [0, 0.05) is 56.9 Å². The summed E-state index contributed by atoms with van der Waals surface area (Å²) in [5, 5.41) is 5.99. The normalized spacial score (nSPS) is 18.6. The van der Waals surface area contributed by atoms with Crippen LogP contribution in [0.25, 0.3) is 11.1 Å². The van der Waals surface area contributed by atoms with Gasteiger partial charge in [0.15, 0.2) is 11.5 Å². The SMILES string of the molecule is COc1cc2cc(c1OC)-c1ccc3c(c1)C(CCO3)NC(=O)CCN(C(C)=O)CCNC(=O)CC2. The first-order valence-electron chi connectivity index (χ1n) is 12.2. The van der Waals surface area contributed by atoms with Crippen molar-refractivity contribution in [2.24, 2.45) is 0 Å². The van der Waals surface area contributed by atoms with Crippen LogP contribution in [0, 0.1) is 0 Å². The number of carbonyl (C=O) groups excluding carboxylic acids is 3. The Labute approximate surface area is 211 Å². The van der Waals surface area contributed by atoms with E-state index in [1.807, 2.05) is 30.3 Å². The molecule has 4 bridgehead atoms. The van der Waals surface area contributed by atoms with Crippen LogP contribution in [0.4, 0.5) is 0 Å². The molecule has 3 amide bonds. The summed E-state index contributed by atoms with van der Waals surface area (Å²) in [7, 11) is 3.19. The molecule has 0 fully saturated rings. The van der Waals surface area contributed by atoms with Crippen LogP contribution in [0.2, 0.25) is 0 Å². The van der Waals surface area contributed by atoms with E-state index in [2.05, 4.69) is 10.6 Å². The molecule has 0 aliphatic carbocycles. The molecule has 2 aromatic carbocycles. The molecule has 0 saturated carbocycles. The van der Waals surface area contributed by atoms with Crippen molar-refractivity contribution >= 4 is 17.7 Å². The molecule has 2 N–H and O–H groups in total. The summed E-state index contributed by atoms with van der Waals surface area (Å²) >= 11 is 0. The number of carbonyl (C=O) groups is 3. The smallest absolute Gasteiger partial charge is 0.222 e. The van der Waals surface area contributed by atoms with Crippen LogP contribution >= 0.6 is 0 Å². The average molecular weight is 496 g/mol. The topological polar surface area (TPSA) is 106 Å². The first-order chi connectivity index (χ1) is 17.4. The van der Waals surface area contributed by atoms with Crippen LogP contribution in [-0.2, 0) is 20.8 Å². The van der Waals surface area contributed by atoms with E-state index >= 15 is 0 Å². The number of nitrogens with one attached hydrogen (secondary N) is 2. The van der Waals surface area contributed by atoms with Gasteiger partial charge in [-0.25, -0.2) is 0 Å². The van der Waals surface area contributed by atoms with Crippen molar-refractivity contribution in [1.29, 1.82) is 0 Å². The third kappa shape index (κ3) is 5.72. The fourth-order valence-electron chi connectivity index (χ4n) is 4.70. The number of ether oxygens (including phenoxy) is 3. The summed E-state index contributed by atoms with van der Waals surface area (Å²) in [5.74, 6) is 1.52. The van der Waals surface area contributed by atoms with Gasteiger partial charge in [0.1, 0.15) is 5.75 Å². The molecule has 1 unspecified atom stereocenters. The zero-order chi connectivity index (χ0) is 25.7. The zero-order valence-corrected chi connectivity index (χ0v) is 21.0. The fourth-order valence-corrected chi connectivity index (χ4v) is 4.70. The molecule has 2 heterocycles. The third-order valence-corrected chi connectivity index (χ3v) is 6.63. The van der Waals surface area contributed by atoms with Crippen LogP contribution in [-0.4, -0.2) is 63.1 Å².